The van der Waals surface area contributed by atoms with Gasteiger partial charge in [-0.3, -0.25) is 14.9 Å². The van der Waals surface area contributed by atoms with E-state index in [2.05, 4.69) is 10.6 Å². The molecule has 9 nitrogen and oxygen atoms in total. The summed E-state index contributed by atoms with van der Waals surface area (Å²) in [6.45, 7) is 0. The van der Waals surface area contributed by atoms with Crippen LogP contribution in [0.4, 0.5) is 16.2 Å². The Bertz CT molecular complexity index is 1550. The van der Waals surface area contributed by atoms with E-state index < -0.39 is 11.9 Å². The maximum Gasteiger partial charge on any atom is 0.326 e. The van der Waals surface area contributed by atoms with Gasteiger partial charge in [0.25, 0.3) is 11.8 Å². The van der Waals surface area contributed by atoms with Crippen molar-refractivity contribution in [1.82, 2.24) is 5.32 Å². The van der Waals surface area contributed by atoms with E-state index in [1.54, 1.807) is 37.4 Å². The van der Waals surface area contributed by atoms with Crippen LogP contribution in [0.3, 0.4) is 0 Å². The molecule has 2 N–H and O–H groups in total. The summed E-state index contributed by atoms with van der Waals surface area (Å²) in [5.41, 5.74) is 3.31. The van der Waals surface area contributed by atoms with Gasteiger partial charge in [0, 0.05) is 23.9 Å². The molecule has 4 rings (SSSR count). The molecule has 0 spiro atoms. The fourth-order valence-corrected chi connectivity index (χ4v) is 4.38. The number of carbonyl (C=O) groups is 3. The number of amides is 4. The molecule has 41 heavy (non-hydrogen) atoms. The van der Waals surface area contributed by atoms with Gasteiger partial charge in [0.1, 0.15) is 0 Å². The molecule has 0 saturated heterocycles. The Balaban J connectivity index is 1.46. The Hall–Kier alpha value is -5.02. The van der Waals surface area contributed by atoms with E-state index in [9.17, 15) is 14.4 Å². The van der Waals surface area contributed by atoms with Gasteiger partial charge in [-0.1, -0.05) is 54.1 Å². The molecule has 10 heteroatoms. The number of methoxy groups -OCH3 is 3. The highest BCUT2D eigenvalue weighted by Gasteiger charge is 2.20. The van der Waals surface area contributed by atoms with E-state index in [1.165, 1.54) is 38.4 Å². The topological polar surface area (TPSA) is 106 Å². The van der Waals surface area contributed by atoms with E-state index in [0.29, 0.717) is 27.7 Å². The molecule has 0 radical (unpaired) electrons. The van der Waals surface area contributed by atoms with E-state index >= 15 is 0 Å². The molecule has 4 aromatic carbocycles. The molecule has 0 aliphatic heterocycles. The highest BCUT2D eigenvalue weighted by atomic mass is 35.5. The van der Waals surface area contributed by atoms with Crippen molar-refractivity contribution in [2.45, 2.75) is 0 Å². The lowest BCUT2D eigenvalue weighted by Crippen LogP contribution is -2.34. The lowest BCUT2D eigenvalue weighted by molar-refractivity contribution is 0.0964. The first-order valence-corrected chi connectivity index (χ1v) is 12.8. The Morgan fingerprint density at radius 2 is 1.34 bits per heavy atom. The fraction of sp³-hybridized carbons (Fsp3) is 0.129. The molecule has 0 aliphatic rings. The third kappa shape index (κ3) is 6.59. The lowest BCUT2D eigenvalue weighted by Gasteiger charge is -2.20. The van der Waals surface area contributed by atoms with Gasteiger partial charge in [0.15, 0.2) is 11.5 Å². The van der Waals surface area contributed by atoms with Gasteiger partial charge in [0.05, 0.1) is 32.0 Å². The molecule has 0 fully saturated rings. The minimum atomic E-state index is -0.789. The zero-order valence-corrected chi connectivity index (χ0v) is 23.6. The number of nitrogens with zero attached hydrogens (tertiary/aromatic N) is 1. The molecule has 0 aromatic heterocycles. The average Bonchev–Trinajstić information content (AvgIpc) is 3.00. The van der Waals surface area contributed by atoms with Crippen molar-refractivity contribution in [3.63, 3.8) is 0 Å². The van der Waals surface area contributed by atoms with Crippen LogP contribution in [0, 0.1) is 0 Å². The van der Waals surface area contributed by atoms with Crippen molar-refractivity contribution >= 4 is 40.8 Å². The summed E-state index contributed by atoms with van der Waals surface area (Å²) in [5.74, 6) is -0.132. The first-order chi connectivity index (χ1) is 19.7. The summed E-state index contributed by atoms with van der Waals surface area (Å²) in [6.07, 6.45) is 0. The second-order valence-corrected chi connectivity index (χ2v) is 9.20. The first-order valence-electron chi connectivity index (χ1n) is 12.4. The largest absolute Gasteiger partial charge is 0.493 e. The van der Waals surface area contributed by atoms with Crippen LogP contribution in [0.25, 0.3) is 11.1 Å². The van der Waals surface area contributed by atoms with Gasteiger partial charge >= 0.3 is 6.03 Å². The maximum atomic E-state index is 13.2. The van der Waals surface area contributed by atoms with Crippen LogP contribution < -0.4 is 29.7 Å². The number of imide groups is 1. The number of hydrogen-bond acceptors (Lipinski definition) is 6. The third-order valence-corrected chi connectivity index (χ3v) is 6.58. The van der Waals surface area contributed by atoms with Crippen LogP contribution in [0.5, 0.6) is 17.2 Å². The van der Waals surface area contributed by atoms with Gasteiger partial charge in [-0.15, -0.1) is 0 Å². The zero-order valence-electron chi connectivity index (χ0n) is 22.9. The summed E-state index contributed by atoms with van der Waals surface area (Å²) in [5, 5.41) is 5.16. The Morgan fingerprint density at radius 3 is 1.93 bits per heavy atom. The lowest BCUT2D eigenvalue weighted by atomic mass is 10.0. The number of ether oxygens (including phenoxy) is 3. The molecule has 0 heterocycles. The van der Waals surface area contributed by atoms with Crippen molar-refractivity contribution < 1.29 is 28.6 Å². The molecule has 0 atom stereocenters. The number of urea groups is 1. The Labute approximate surface area is 242 Å². The van der Waals surface area contributed by atoms with Crippen molar-refractivity contribution in [2.75, 3.05) is 38.6 Å². The number of halogens is 1. The summed E-state index contributed by atoms with van der Waals surface area (Å²) in [7, 11) is 5.88. The number of rotatable bonds is 8. The summed E-state index contributed by atoms with van der Waals surface area (Å²) >= 11 is 6.40. The first kappa shape index (κ1) is 29.0. The van der Waals surface area contributed by atoms with Gasteiger partial charge in [-0.2, -0.15) is 0 Å². The summed E-state index contributed by atoms with van der Waals surface area (Å²) in [4.78, 5) is 40.0. The van der Waals surface area contributed by atoms with E-state index in [1.807, 2.05) is 42.5 Å². The third-order valence-electron chi connectivity index (χ3n) is 6.26. The quantitative estimate of drug-likeness (QED) is 0.257. The van der Waals surface area contributed by atoms with Crippen LogP contribution in [-0.2, 0) is 0 Å². The number of anilines is 2. The SMILES string of the molecule is COc1cc(C(=O)NC(=O)Nc2ccc(Cl)c(N(C)C(=O)c3ccc(-c4ccccc4)cc3)c2)cc(OC)c1OC. The molecule has 4 aromatic rings. The van der Waals surface area contributed by atoms with Crippen molar-refractivity contribution in [2.24, 2.45) is 0 Å². The van der Waals surface area contributed by atoms with Crippen LogP contribution in [0.2, 0.25) is 5.02 Å². The van der Waals surface area contributed by atoms with Gasteiger partial charge in [-0.05, 0) is 53.6 Å². The maximum absolute atomic E-state index is 13.2. The minimum Gasteiger partial charge on any atom is -0.493 e. The number of benzene rings is 4. The summed E-state index contributed by atoms with van der Waals surface area (Å²) in [6, 6.07) is 23.8. The second-order valence-electron chi connectivity index (χ2n) is 8.80. The minimum absolute atomic E-state index is 0.120. The molecule has 210 valence electrons. The number of nitrogens with one attached hydrogen (secondary N) is 2. The molecular formula is C31H28ClN3O6. The molecule has 4 amide bonds. The number of carbonyl (C=O) groups excluding carboxylic acids is 3. The second kappa shape index (κ2) is 12.9. The smallest absolute Gasteiger partial charge is 0.326 e. The van der Waals surface area contributed by atoms with Crippen molar-refractivity contribution in [3.8, 4) is 28.4 Å². The highest BCUT2D eigenvalue weighted by molar-refractivity contribution is 6.34. The fourth-order valence-electron chi connectivity index (χ4n) is 4.14. The zero-order chi connectivity index (χ0) is 29.5. The van der Waals surface area contributed by atoms with E-state index in [4.69, 9.17) is 25.8 Å². The monoisotopic (exact) mass is 573 g/mol. The van der Waals surface area contributed by atoms with E-state index in [0.717, 1.165) is 11.1 Å². The molecule has 0 bridgehead atoms. The van der Waals surface area contributed by atoms with Crippen molar-refractivity contribution in [3.05, 3.63) is 101 Å². The predicted octanol–water partition coefficient (Wildman–Crippen LogP) is 6.27. The molecule has 0 unspecified atom stereocenters. The predicted molar refractivity (Wildman–Crippen MR) is 159 cm³/mol. The van der Waals surface area contributed by atoms with Crippen LogP contribution in [-0.4, -0.2) is 46.2 Å². The van der Waals surface area contributed by atoms with Gasteiger partial charge in [0.2, 0.25) is 5.75 Å². The Kier molecular flexibility index (Phi) is 9.11. The highest BCUT2D eigenvalue weighted by Crippen LogP contribution is 2.38. The molecular weight excluding hydrogens is 546 g/mol. The average molecular weight is 574 g/mol. The Morgan fingerprint density at radius 1 is 0.732 bits per heavy atom. The van der Waals surface area contributed by atoms with E-state index in [-0.39, 0.29) is 23.0 Å². The van der Waals surface area contributed by atoms with Crippen LogP contribution in [0.15, 0.2) is 84.9 Å². The van der Waals surface area contributed by atoms with Crippen LogP contribution >= 0.6 is 11.6 Å². The summed E-state index contributed by atoms with van der Waals surface area (Å²) < 4.78 is 15.8. The molecule has 0 aliphatic carbocycles. The van der Waals surface area contributed by atoms with Gasteiger partial charge in [-0.25, -0.2) is 4.79 Å². The number of hydrogen-bond donors (Lipinski definition) is 2. The van der Waals surface area contributed by atoms with Crippen molar-refractivity contribution in [1.29, 1.82) is 0 Å². The van der Waals surface area contributed by atoms with Gasteiger partial charge < -0.3 is 24.4 Å². The standard InChI is InChI=1S/C31H28ClN3O6/c1-35(30(37)21-12-10-20(11-13-21)19-8-6-5-7-9-19)25-18-23(14-15-24(25)32)33-31(38)34-29(36)22-16-26(39-2)28(41-4)27(17-22)40-3/h5-18H,1-4H3,(H2,33,34,36,38). The molecule has 0 saturated carbocycles. The normalized spacial score (nSPS) is 10.4. The van der Waals surface area contributed by atoms with Crippen LogP contribution in [0.1, 0.15) is 20.7 Å².